The molecule has 1 saturated carbocycles. The van der Waals surface area contributed by atoms with E-state index in [-0.39, 0.29) is 0 Å². The van der Waals surface area contributed by atoms with Crippen molar-refractivity contribution in [3.05, 3.63) is 29.0 Å². The normalized spacial score (nSPS) is 22.0. The first-order valence-electron chi connectivity index (χ1n) is 5.75. The fraction of sp³-hybridized carbons (Fsp3) is 0.462. The molecule has 0 saturated heterocycles. The van der Waals surface area contributed by atoms with Crippen LogP contribution in [-0.2, 0) is 5.88 Å². The highest BCUT2D eigenvalue weighted by Crippen LogP contribution is 2.56. The zero-order valence-electron chi connectivity index (χ0n) is 9.87. The second kappa shape index (κ2) is 3.63. The molecular formula is C13H14Cl2N2. The van der Waals surface area contributed by atoms with E-state index < -0.39 is 0 Å². The van der Waals surface area contributed by atoms with Gasteiger partial charge in [0.05, 0.1) is 16.9 Å². The van der Waals surface area contributed by atoms with Gasteiger partial charge in [-0.25, -0.2) is 4.98 Å². The molecule has 1 heterocycles. The van der Waals surface area contributed by atoms with E-state index in [1.165, 1.54) is 6.42 Å². The van der Waals surface area contributed by atoms with Crippen molar-refractivity contribution in [3.63, 3.8) is 0 Å². The third-order valence-corrected chi connectivity index (χ3v) is 4.09. The third-order valence-electron chi connectivity index (χ3n) is 3.62. The highest BCUT2D eigenvalue weighted by molar-refractivity contribution is 6.31. The lowest BCUT2D eigenvalue weighted by Gasteiger charge is -2.09. The van der Waals surface area contributed by atoms with E-state index in [1.807, 2.05) is 18.2 Å². The topological polar surface area (TPSA) is 17.8 Å². The Kier molecular flexibility index (Phi) is 2.43. The van der Waals surface area contributed by atoms with Gasteiger partial charge in [0.15, 0.2) is 0 Å². The highest BCUT2D eigenvalue weighted by atomic mass is 35.5. The van der Waals surface area contributed by atoms with E-state index in [9.17, 15) is 0 Å². The Labute approximate surface area is 111 Å². The zero-order valence-corrected chi connectivity index (χ0v) is 11.4. The number of benzene rings is 1. The van der Waals surface area contributed by atoms with Crippen LogP contribution in [0.15, 0.2) is 18.2 Å². The Balaban J connectivity index is 2.21. The van der Waals surface area contributed by atoms with E-state index >= 15 is 0 Å². The summed E-state index contributed by atoms with van der Waals surface area (Å²) >= 11 is 12.0. The van der Waals surface area contributed by atoms with E-state index in [4.69, 9.17) is 23.2 Å². The Morgan fingerprint density at radius 1 is 1.47 bits per heavy atom. The van der Waals surface area contributed by atoms with Gasteiger partial charge in [0, 0.05) is 11.1 Å². The number of hydrogen-bond acceptors (Lipinski definition) is 1. The summed E-state index contributed by atoms with van der Waals surface area (Å²) in [4.78, 5) is 4.57. The minimum atomic E-state index is 0.355. The summed E-state index contributed by atoms with van der Waals surface area (Å²) in [7, 11) is 0. The minimum absolute atomic E-state index is 0.355. The molecule has 4 heteroatoms. The predicted octanol–water partition coefficient (Wildman–Crippen LogP) is 4.40. The van der Waals surface area contributed by atoms with Gasteiger partial charge >= 0.3 is 0 Å². The lowest BCUT2D eigenvalue weighted by atomic mass is 10.2. The Hall–Kier alpha value is -0.730. The quantitative estimate of drug-likeness (QED) is 0.739. The second-order valence-corrected chi connectivity index (χ2v) is 6.08. The molecule has 2 nitrogen and oxygen atoms in total. The van der Waals surface area contributed by atoms with E-state index in [2.05, 4.69) is 23.4 Å². The van der Waals surface area contributed by atoms with Gasteiger partial charge in [0.1, 0.15) is 5.82 Å². The van der Waals surface area contributed by atoms with Gasteiger partial charge < -0.3 is 4.57 Å². The van der Waals surface area contributed by atoms with Crippen LogP contribution in [-0.4, -0.2) is 9.55 Å². The average molecular weight is 269 g/mol. The molecule has 1 aromatic heterocycles. The van der Waals surface area contributed by atoms with Crippen LogP contribution in [0.2, 0.25) is 5.02 Å². The van der Waals surface area contributed by atoms with Gasteiger partial charge in [-0.2, -0.15) is 0 Å². The molecule has 1 aliphatic rings. The molecule has 1 atom stereocenters. The molecule has 0 amide bonds. The molecule has 1 fully saturated rings. The maximum absolute atomic E-state index is 5.99. The van der Waals surface area contributed by atoms with Crippen LogP contribution in [0.4, 0.5) is 0 Å². The Bertz CT molecular complexity index is 586. The molecule has 0 bridgehead atoms. The van der Waals surface area contributed by atoms with E-state index in [0.717, 1.165) is 21.9 Å². The first kappa shape index (κ1) is 11.4. The molecule has 0 radical (unpaired) electrons. The molecule has 17 heavy (non-hydrogen) atoms. The Morgan fingerprint density at radius 2 is 2.18 bits per heavy atom. The van der Waals surface area contributed by atoms with E-state index in [1.54, 1.807) is 0 Å². The number of alkyl halides is 1. The number of hydrogen-bond donors (Lipinski definition) is 0. The lowest BCUT2D eigenvalue weighted by Crippen LogP contribution is -2.04. The summed E-state index contributed by atoms with van der Waals surface area (Å²) in [6.07, 6.45) is 1.19. The maximum atomic E-state index is 5.99. The maximum Gasteiger partial charge on any atom is 0.125 e. The second-order valence-electron chi connectivity index (χ2n) is 5.37. The van der Waals surface area contributed by atoms with Crippen LogP contribution in [0, 0.1) is 5.41 Å². The number of fused-ring (bicyclic) bond motifs is 1. The predicted molar refractivity (Wildman–Crippen MR) is 71.7 cm³/mol. The zero-order chi connectivity index (χ0) is 12.2. The van der Waals surface area contributed by atoms with Crippen LogP contribution < -0.4 is 0 Å². The van der Waals surface area contributed by atoms with Gasteiger partial charge in [-0.1, -0.05) is 25.4 Å². The number of aromatic nitrogens is 2. The molecule has 0 N–H and O–H groups in total. The van der Waals surface area contributed by atoms with Crippen molar-refractivity contribution in [2.45, 2.75) is 32.2 Å². The third kappa shape index (κ3) is 1.74. The Morgan fingerprint density at radius 3 is 2.76 bits per heavy atom. The number of rotatable bonds is 2. The van der Waals surface area contributed by atoms with Gasteiger partial charge in [0.25, 0.3) is 0 Å². The molecule has 0 aliphatic heterocycles. The van der Waals surface area contributed by atoms with Gasteiger partial charge in [0.2, 0.25) is 0 Å². The van der Waals surface area contributed by atoms with Crippen molar-refractivity contribution in [1.82, 2.24) is 9.55 Å². The van der Waals surface area contributed by atoms with Crippen molar-refractivity contribution in [1.29, 1.82) is 0 Å². The highest BCUT2D eigenvalue weighted by Gasteiger charge is 2.48. The fourth-order valence-corrected chi connectivity index (χ4v) is 2.80. The van der Waals surface area contributed by atoms with Crippen LogP contribution >= 0.6 is 23.2 Å². The minimum Gasteiger partial charge on any atom is -0.323 e. The fourth-order valence-electron chi connectivity index (χ4n) is 2.44. The summed E-state index contributed by atoms with van der Waals surface area (Å²) in [6, 6.07) is 6.37. The standard InChI is InChI=1S/C13H14Cl2N2/c1-13(2)6-11(13)17-10-4-3-8(15)5-9(10)16-12(17)7-14/h3-5,11H,6-7H2,1-2H3. The van der Waals surface area contributed by atoms with Crippen LogP contribution in [0.3, 0.4) is 0 Å². The monoisotopic (exact) mass is 268 g/mol. The van der Waals surface area contributed by atoms with E-state index in [0.29, 0.717) is 17.3 Å². The van der Waals surface area contributed by atoms with Crippen molar-refractivity contribution >= 4 is 34.2 Å². The van der Waals surface area contributed by atoms with Crippen molar-refractivity contribution < 1.29 is 0 Å². The first-order valence-corrected chi connectivity index (χ1v) is 6.66. The van der Waals surface area contributed by atoms with Gasteiger partial charge in [-0.3, -0.25) is 0 Å². The molecular weight excluding hydrogens is 255 g/mol. The summed E-state index contributed by atoms with van der Waals surface area (Å²) < 4.78 is 2.28. The van der Waals surface area contributed by atoms with Crippen molar-refractivity contribution in [2.75, 3.05) is 0 Å². The number of nitrogens with zero attached hydrogens (tertiary/aromatic N) is 2. The van der Waals surface area contributed by atoms with Crippen molar-refractivity contribution in [3.8, 4) is 0 Å². The van der Waals surface area contributed by atoms with Gasteiger partial charge in [-0.15, -0.1) is 11.6 Å². The molecule has 90 valence electrons. The van der Waals surface area contributed by atoms with Gasteiger partial charge in [-0.05, 0) is 30.0 Å². The summed E-state index contributed by atoms with van der Waals surface area (Å²) in [5.41, 5.74) is 2.44. The summed E-state index contributed by atoms with van der Waals surface area (Å²) in [6.45, 7) is 4.55. The SMILES string of the molecule is CC1(C)CC1n1c(CCl)nc2cc(Cl)ccc21. The molecule has 2 aromatic rings. The number of imidazole rings is 1. The van der Waals surface area contributed by atoms with Crippen LogP contribution in [0.5, 0.6) is 0 Å². The van der Waals surface area contributed by atoms with Crippen LogP contribution in [0.1, 0.15) is 32.1 Å². The largest absolute Gasteiger partial charge is 0.323 e. The molecule has 1 unspecified atom stereocenters. The summed E-state index contributed by atoms with van der Waals surface area (Å²) in [5, 5.41) is 0.721. The molecule has 0 spiro atoms. The average Bonchev–Trinajstić information content (AvgIpc) is 2.74. The smallest absolute Gasteiger partial charge is 0.125 e. The first-order chi connectivity index (χ1) is 8.03. The summed E-state index contributed by atoms with van der Waals surface area (Å²) in [5.74, 6) is 1.39. The van der Waals surface area contributed by atoms with Crippen LogP contribution in [0.25, 0.3) is 11.0 Å². The lowest BCUT2D eigenvalue weighted by molar-refractivity contribution is 0.540. The van der Waals surface area contributed by atoms with Crippen molar-refractivity contribution in [2.24, 2.45) is 5.41 Å². The number of halogens is 2. The molecule has 1 aromatic carbocycles. The molecule has 3 rings (SSSR count). The molecule has 1 aliphatic carbocycles.